The number of aliphatic carboxylic acids is 2. The van der Waals surface area contributed by atoms with Gasteiger partial charge in [-0.1, -0.05) is 88.9 Å². The van der Waals surface area contributed by atoms with Gasteiger partial charge in [0.1, 0.15) is 18.6 Å². The topological polar surface area (TPSA) is 236 Å². The molecule has 1 aromatic carbocycles. The third-order valence-electron chi connectivity index (χ3n) is 10.2. The lowest BCUT2D eigenvalue weighted by Crippen LogP contribution is -2.49. The molecule has 2 aliphatic heterocycles. The van der Waals surface area contributed by atoms with E-state index in [0.717, 1.165) is 50.4 Å². The molecule has 62 heavy (non-hydrogen) atoms. The van der Waals surface area contributed by atoms with Crippen molar-refractivity contribution in [1.29, 1.82) is 0 Å². The molecule has 3 heterocycles. The molecule has 2 amide bonds. The van der Waals surface area contributed by atoms with E-state index in [9.17, 15) is 49.8 Å². The summed E-state index contributed by atoms with van der Waals surface area (Å²) in [5.74, 6) is -3.76. The maximum Gasteiger partial charge on any atom is 0.327 e. The highest BCUT2D eigenvalue weighted by atomic mass is 33.1. The summed E-state index contributed by atoms with van der Waals surface area (Å²) in [6.07, 6.45) is 19.6. The molecule has 2 fully saturated rings. The number of β-amino-alcohol motifs (C(OH)–C–C–N with tert-alkyl or cyclic N) is 4. The Kier molecular flexibility index (Phi) is 18.3. The number of aliphatic hydroxyl groups excluding tert-OH is 4. The highest BCUT2D eigenvalue weighted by molar-refractivity contribution is 8.76. The molecule has 1 aromatic heterocycles. The predicted molar refractivity (Wildman–Crippen MR) is 240 cm³/mol. The summed E-state index contributed by atoms with van der Waals surface area (Å²) in [4.78, 5) is 57.0. The number of pyridine rings is 1. The number of carboxylic acids is 2. The molecule has 0 bridgehead atoms. The minimum absolute atomic E-state index is 0.0515. The van der Waals surface area contributed by atoms with Gasteiger partial charge in [0.2, 0.25) is 12.5 Å². The zero-order valence-corrected chi connectivity index (χ0v) is 35.6. The number of aliphatic hydroxyl groups is 4. The summed E-state index contributed by atoms with van der Waals surface area (Å²) in [5.41, 5.74) is 4.43. The highest BCUT2D eigenvalue weighted by Crippen LogP contribution is 2.25. The average Bonchev–Trinajstić information content (AvgIpc) is 3.78. The number of carboxylic acid groups (broad SMARTS) is 2. The normalized spacial score (nSPS) is 22.9. The molecule has 2 saturated heterocycles. The molecule has 0 spiro atoms. The number of benzene rings is 1. The number of aliphatic imine (C=N–C) groups is 1. The van der Waals surface area contributed by atoms with Crippen molar-refractivity contribution < 1.29 is 54.4 Å². The number of hydrogen-bond acceptors (Lipinski definition) is 13. The Morgan fingerprint density at radius 1 is 0.806 bits per heavy atom. The molecule has 1 aliphatic carbocycles. The second kappa shape index (κ2) is 23.8. The van der Waals surface area contributed by atoms with Crippen molar-refractivity contribution in [3.63, 3.8) is 0 Å². The van der Waals surface area contributed by atoms with E-state index in [1.807, 2.05) is 71.7 Å². The number of carbonyl (C=O) groups excluding carboxylic acids is 2. The fraction of sp³-hybridized carbons (Fsp3) is 0.364. The van der Waals surface area contributed by atoms with Crippen LogP contribution in [0.15, 0.2) is 114 Å². The van der Waals surface area contributed by atoms with Gasteiger partial charge in [-0.3, -0.25) is 19.5 Å². The first-order chi connectivity index (χ1) is 29.8. The summed E-state index contributed by atoms with van der Waals surface area (Å²) in [5, 5.41) is 63.6. The van der Waals surface area contributed by atoms with E-state index in [-0.39, 0.29) is 30.6 Å². The number of nitrogens with zero attached hydrogens (tertiary/aromatic N) is 4. The average molecular weight is 890 g/mol. The van der Waals surface area contributed by atoms with Crippen molar-refractivity contribution in [1.82, 2.24) is 15.5 Å². The summed E-state index contributed by atoms with van der Waals surface area (Å²) in [6.45, 7) is 4.97. The first-order valence-corrected chi connectivity index (χ1v) is 22.4. The van der Waals surface area contributed by atoms with Crippen molar-refractivity contribution in [2.75, 3.05) is 49.1 Å². The van der Waals surface area contributed by atoms with Gasteiger partial charge in [0.05, 0.1) is 24.4 Å². The molecule has 2 aromatic rings. The Hall–Kier alpha value is -5.34. The fourth-order valence-electron chi connectivity index (χ4n) is 6.63. The third kappa shape index (κ3) is 14.9. The molecule has 7 unspecified atom stereocenters. The maximum atomic E-state index is 12.7. The lowest BCUT2D eigenvalue weighted by atomic mass is 10.0. The zero-order valence-electron chi connectivity index (χ0n) is 33.9. The number of aromatic nitrogens is 1. The molecule has 0 radical (unpaired) electrons. The first-order valence-electron chi connectivity index (χ1n) is 19.9. The van der Waals surface area contributed by atoms with Gasteiger partial charge in [0, 0.05) is 67.8 Å². The quantitative estimate of drug-likeness (QED) is 0.0290. The van der Waals surface area contributed by atoms with Crippen LogP contribution < -0.4 is 20.1 Å². The van der Waals surface area contributed by atoms with Gasteiger partial charge < -0.3 is 46.2 Å². The van der Waals surface area contributed by atoms with Crippen LogP contribution in [-0.2, 0) is 25.7 Å². The lowest BCUT2D eigenvalue weighted by Gasteiger charge is -2.25. The van der Waals surface area contributed by atoms with E-state index in [1.165, 1.54) is 6.21 Å². The largest absolute Gasteiger partial charge is 0.480 e. The number of carbonyl (C=O) groups is 4. The SMILES string of the molecule is C=CC(/C=C/c1ccc(N2CC(O)C(O)C2)cc1)=C\C=N\CC(=O)NC(CSSCC(NC(=O)C[n+]1ccc(/C=C/C2=CCC(N3CC(O)C(O)C3)C=C2)cc1)C(=O)O)C(=O)O. The number of rotatable bonds is 21. The zero-order chi connectivity index (χ0) is 44.6. The van der Waals surface area contributed by atoms with Crippen molar-refractivity contribution in [3.05, 3.63) is 120 Å². The van der Waals surface area contributed by atoms with E-state index < -0.39 is 60.3 Å². The number of hydrogen-bond donors (Lipinski definition) is 8. The molecule has 3 aliphatic rings. The van der Waals surface area contributed by atoms with Crippen molar-refractivity contribution in [2.24, 2.45) is 4.99 Å². The van der Waals surface area contributed by atoms with Gasteiger partial charge in [-0.2, -0.15) is 4.57 Å². The number of nitrogens with one attached hydrogen (secondary N) is 2. The Balaban J connectivity index is 0.987. The van der Waals surface area contributed by atoms with Crippen LogP contribution in [0, 0.1) is 0 Å². The van der Waals surface area contributed by atoms with Crippen LogP contribution in [0.5, 0.6) is 0 Å². The Labute approximate surface area is 367 Å². The van der Waals surface area contributed by atoms with Crippen LogP contribution in [0.4, 0.5) is 5.69 Å². The Morgan fingerprint density at radius 3 is 1.95 bits per heavy atom. The van der Waals surface area contributed by atoms with Gasteiger partial charge in [0.15, 0.2) is 12.4 Å². The Bertz CT molecular complexity index is 2050. The number of amides is 2. The van der Waals surface area contributed by atoms with Crippen LogP contribution in [0.2, 0.25) is 0 Å². The third-order valence-corrected chi connectivity index (χ3v) is 12.6. The van der Waals surface area contributed by atoms with E-state index in [2.05, 4.69) is 39.3 Å². The van der Waals surface area contributed by atoms with Gasteiger partial charge >= 0.3 is 11.9 Å². The van der Waals surface area contributed by atoms with Crippen molar-refractivity contribution >= 4 is 69.4 Å². The molecule has 16 nitrogen and oxygen atoms in total. The van der Waals surface area contributed by atoms with Crippen molar-refractivity contribution in [3.8, 4) is 0 Å². The summed E-state index contributed by atoms with van der Waals surface area (Å²) < 4.78 is 1.62. The summed E-state index contributed by atoms with van der Waals surface area (Å²) in [7, 11) is 2.11. The Morgan fingerprint density at radius 2 is 1.39 bits per heavy atom. The molecular formula is C44H53N6O10S2+. The number of likely N-dealkylation sites (tertiary alicyclic amines) is 1. The van der Waals surface area contributed by atoms with Crippen LogP contribution in [-0.4, -0.2) is 152 Å². The molecule has 8 N–H and O–H groups in total. The maximum absolute atomic E-state index is 12.7. The monoisotopic (exact) mass is 889 g/mol. The number of anilines is 1. The molecular weight excluding hydrogens is 837 g/mol. The summed E-state index contributed by atoms with van der Waals surface area (Å²) >= 11 is 0. The standard InChI is InChI=1S/C44H52N6O10S2/c1-2-29(3-4-30-7-11-33(12-8-30)49-22-37(51)38(52)23-49)15-18-45-21-41(55)46-35(43(57)58)27-61-62-28-36(44(59)60)47-42(56)26-48-19-16-32(17-20-48)6-5-31-9-13-34(14-10-31)50-24-39(53)40(54)25-50/h2-13,15-20,34-40,51-54H,1,14,21-28H2,(H3-,46,47,55,56,57,58,59,60)/p+1/b4-3+,6-5+,29-15+,45-18+. The minimum atomic E-state index is -1.27. The smallest absolute Gasteiger partial charge is 0.327 e. The van der Waals surface area contributed by atoms with Crippen molar-refractivity contribution in [2.45, 2.75) is 55.5 Å². The van der Waals surface area contributed by atoms with Gasteiger partial charge in [-0.25, -0.2) is 9.59 Å². The molecule has 330 valence electrons. The van der Waals surface area contributed by atoms with E-state index in [1.54, 1.807) is 29.1 Å². The minimum Gasteiger partial charge on any atom is -0.480 e. The van der Waals surface area contributed by atoms with Crippen LogP contribution in [0.25, 0.3) is 12.2 Å². The van der Waals surface area contributed by atoms with Gasteiger partial charge in [-0.15, -0.1) is 0 Å². The van der Waals surface area contributed by atoms with E-state index in [4.69, 9.17) is 0 Å². The van der Waals surface area contributed by atoms with Gasteiger partial charge in [0.25, 0.3) is 5.91 Å². The lowest BCUT2D eigenvalue weighted by molar-refractivity contribution is -0.684. The van der Waals surface area contributed by atoms with Crippen LogP contribution in [0.3, 0.4) is 0 Å². The molecule has 5 rings (SSSR count). The second-order valence-corrected chi connectivity index (χ2v) is 17.5. The summed E-state index contributed by atoms with van der Waals surface area (Å²) in [6, 6.07) is 8.91. The van der Waals surface area contributed by atoms with Crippen LogP contribution in [0.1, 0.15) is 17.5 Å². The molecule has 7 atom stereocenters. The molecule has 0 saturated carbocycles. The van der Waals surface area contributed by atoms with E-state index >= 15 is 0 Å². The van der Waals surface area contributed by atoms with Gasteiger partial charge in [-0.05, 0) is 46.9 Å². The van der Waals surface area contributed by atoms with Crippen LogP contribution >= 0.6 is 21.6 Å². The highest BCUT2D eigenvalue weighted by Gasteiger charge is 2.33. The second-order valence-electron chi connectivity index (χ2n) is 14.9. The van der Waals surface area contributed by atoms with E-state index in [0.29, 0.717) is 31.8 Å². The number of allylic oxidation sites excluding steroid dienone is 7. The first kappa shape index (κ1) is 47.7. The predicted octanol–water partition coefficient (Wildman–Crippen LogP) is 1.24. The fourth-order valence-corrected chi connectivity index (χ4v) is 8.94. The molecule has 18 heteroatoms.